The zero-order valence-electron chi connectivity index (χ0n) is 16.0. The van der Waals surface area contributed by atoms with Crippen LogP contribution in [-0.2, 0) is 18.0 Å². The molecule has 0 aliphatic rings. The second kappa shape index (κ2) is 8.64. The summed E-state index contributed by atoms with van der Waals surface area (Å²) in [4.78, 5) is 4.20. The summed E-state index contributed by atoms with van der Waals surface area (Å²) in [5, 5.41) is 0. The molecule has 4 rings (SSSR count). The Bertz CT molecular complexity index is 1030. The fraction of sp³-hybridized carbons (Fsp3) is 0.115. The highest BCUT2D eigenvalue weighted by molar-refractivity contribution is 5.86. The van der Waals surface area contributed by atoms with E-state index in [4.69, 9.17) is 4.74 Å². The molecule has 4 aromatic rings. The van der Waals surface area contributed by atoms with Crippen molar-refractivity contribution in [3.8, 4) is 22.3 Å². The molecule has 0 N–H and O–H groups in total. The standard InChI is InChI=1S/C26H23NO/c1-20-12-13-24(22-10-6-3-7-11-22)26(23-14-16-27-17-15-23)25(20)19-28-18-21-8-4-2-5-9-21/h2-17H,18-19H2,1H3. The van der Waals surface area contributed by atoms with E-state index in [0.29, 0.717) is 13.2 Å². The Balaban J connectivity index is 1.74. The zero-order valence-corrected chi connectivity index (χ0v) is 16.0. The second-order valence-corrected chi connectivity index (χ2v) is 6.86. The molecule has 0 aliphatic carbocycles. The van der Waals surface area contributed by atoms with Gasteiger partial charge in [0.1, 0.15) is 0 Å². The first-order valence-corrected chi connectivity index (χ1v) is 9.53. The van der Waals surface area contributed by atoms with E-state index in [1.165, 1.54) is 33.4 Å². The summed E-state index contributed by atoms with van der Waals surface area (Å²) < 4.78 is 6.12. The fourth-order valence-electron chi connectivity index (χ4n) is 3.49. The van der Waals surface area contributed by atoms with Crippen molar-refractivity contribution in [2.75, 3.05) is 0 Å². The SMILES string of the molecule is Cc1ccc(-c2ccccc2)c(-c2ccncc2)c1COCc1ccccc1. The van der Waals surface area contributed by atoms with Crippen LogP contribution in [0.5, 0.6) is 0 Å². The van der Waals surface area contributed by atoms with Gasteiger partial charge in [-0.1, -0.05) is 72.8 Å². The number of rotatable bonds is 6. The van der Waals surface area contributed by atoms with Crippen molar-refractivity contribution in [3.05, 3.63) is 114 Å². The molecule has 0 bridgehead atoms. The van der Waals surface area contributed by atoms with E-state index in [1.54, 1.807) is 0 Å². The average Bonchev–Trinajstić information content (AvgIpc) is 2.76. The number of hydrogen-bond donors (Lipinski definition) is 0. The molecule has 3 aromatic carbocycles. The Morgan fingerprint density at radius 1 is 0.679 bits per heavy atom. The largest absolute Gasteiger partial charge is 0.372 e. The second-order valence-electron chi connectivity index (χ2n) is 6.86. The lowest BCUT2D eigenvalue weighted by Crippen LogP contribution is -2.01. The summed E-state index contributed by atoms with van der Waals surface area (Å²) in [6.45, 7) is 3.32. The monoisotopic (exact) mass is 365 g/mol. The first-order chi connectivity index (χ1) is 13.8. The molecule has 1 heterocycles. The third kappa shape index (κ3) is 4.03. The summed E-state index contributed by atoms with van der Waals surface area (Å²) in [6.07, 6.45) is 3.70. The van der Waals surface area contributed by atoms with Gasteiger partial charge < -0.3 is 4.74 Å². The van der Waals surface area contributed by atoms with Crippen LogP contribution < -0.4 is 0 Å². The van der Waals surface area contributed by atoms with Gasteiger partial charge in [0, 0.05) is 12.4 Å². The van der Waals surface area contributed by atoms with E-state index in [-0.39, 0.29) is 0 Å². The van der Waals surface area contributed by atoms with Gasteiger partial charge in [0.25, 0.3) is 0 Å². The maximum Gasteiger partial charge on any atom is 0.0730 e. The fourth-order valence-corrected chi connectivity index (χ4v) is 3.49. The molecule has 0 radical (unpaired) electrons. The summed E-state index contributed by atoms with van der Waals surface area (Å²) >= 11 is 0. The van der Waals surface area contributed by atoms with Gasteiger partial charge in [-0.2, -0.15) is 0 Å². The molecular formula is C26H23NO. The summed E-state index contributed by atoms with van der Waals surface area (Å²) in [5.74, 6) is 0. The maximum atomic E-state index is 6.12. The quantitative estimate of drug-likeness (QED) is 0.392. The number of hydrogen-bond acceptors (Lipinski definition) is 2. The third-order valence-electron chi connectivity index (χ3n) is 4.96. The molecule has 138 valence electrons. The first-order valence-electron chi connectivity index (χ1n) is 9.53. The summed E-state index contributed by atoms with van der Waals surface area (Å²) in [7, 11) is 0. The van der Waals surface area contributed by atoms with Crippen molar-refractivity contribution in [1.29, 1.82) is 0 Å². The van der Waals surface area contributed by atoms with E-state index in [2.05, 4.69) is 72.6 Å². The predicted octanol–water partition coefficient (Wildman–Crippen LogP) is 6.44. The molecule has 2 nitrogen and oxygen atoms in total. The first kappa shape index (κ1) is 18.1. The minimum atomic E-state index is 0.569. The van der Waals surface area contributed by atoms with Crippen LogP contribution in [0, 0.1) is 6.92 Å². The normalized spacial score (nSPS) is 10.8. The van der Waals surface area contributed by atoms with Crippen LogP contribution in [0.4, 0.5) is 0 Å². The summed E-state index contributed by atoms with van der Waals surface area (Å²) in [5.41, 5.74) is 8.46. The number of benzene rings is 3. The van der Waals surface area contributed by atoms with Gasteiger partial charge in [0.15, 0.2) is 0 Å². The number of aryl methyl sites for hydroxylation is 1. The number of nitrogens with zero attached hydrogens (tertiary/aromatic N) is 1. The van der Waals surface area contributed by atoms with Crippen molar-refractivity contribution in [2.45, 2.75) is 20.1 Å². The lowest BCUT2D eigenvalue weighted by Gasteiger charge is -2.18. The lowest BCUT2D eigenvalue weighted by molar-refractivity contribution is 0.107. The predicted molar refractivity (Wildman–Crippen MR) is 115 cm³/mol. The molecule has 0 saturated heterocycles. The van der Waals surface area contributed by atoms with Gasteiger partial charge in [0.05, 0.1) is 13.2 Å². The molecule has 0 fully saturated rings. The van der Waals surface area contributed by atoms with Crippen LogP contribution in [0.3, 0.4) is 0 Å². The van der Waals surface area contributed by atoms with Gasteiger partial charge in [-0.3, -0.25) is 4.98 Å². The third-order valence-corrected chi connectivity index (χ3v) is 4.96. The van der Waals surface area contributed by atoms with Gasteiger partial charge in [-0.25, -0.2) is 0 Å². The van der Waals surface area contributed by atoms with E-state index >= 15 is 0 Å². The molecule has 0 saturated carbocycles. The van der Waals surface area contributed by atoms with Crippen molar-refractivity contribution in [3.63, 3.8) is 0 Å². The highest BCUT2D eigenvalue weighted by Gasteiger charge is 2.15. The van der Waals surface area contributed by atoms with Crippen LogP contribution in [0.25, 0.3) is 22.3 Å². The average molecular weight is 365 g/mol. The molecule has 0 spiro atoms. The Labute approximate surface area is 166 Å². The van der Waals surface area contributed by atoms with Crippen molar-refractivity contribution >= 4 is 0 Å². The van der Waals surface area contributed by atoms with Crippen molar-refractivity contribution in [1.82, 2.24) is 4.98 Å². The number of ether oxygens (including phenoxy) is 1. The Kier molecular flexibility index (Phi) is 5.60. The number of pyridine rings is 1. The van der Waals surface area contributed by atoms with Crippen LogP contribution >= 0.6 is 0 Å². The van der Waals surface area contributed by atoms with E-state index in [1.807, 2.05) is 36.7 Å². The van der Waals surface area contributed by atoms with E-state index in [9.17, 15) is 0 Å². The minimum absolute atomic E-state index is 0.569. The molecule has 2 heteroatoms. The Hall–Kier alpha value is -3.23. The molecule has 0 atom stereocenters. The Morgan fingerprint density at radius 3 is 2.07 bits per heavy atom. The van der Waals surface area contributed by atoms with Gasteiger partial charge in [0.2, 0.25) is 0 Å². The highest BCUT2D eigenvalue weighted by Crippen LogP contribution is 2.37. The minimum Gasteiger partial charge on any atom is -0.372 e. The highest BCUT2D eigenvalue weighted by atomic mass is 16.5. The molecule has 0 aliphatic heterocycles. The molecule has 1 aromatic heterocycles. The van der Waals surface area contributed by atoms with Crippen LogP contribution in [0.2, 0.25) is 0 Å². The molecule has 0 amide bonds. The van der Waals surface area contributed by atoms with Crippen LogP contribution in [0.1, 0.15) is 16.7 Å². The molecule has 28 heavy (non-hydrogen) atoms. The summed E-state index contributed by atoms with van der Waals surface area (Å²) in [6, 6.07) is 29.4. The zero-order chi connectivity index (χ0) is 19.2. The van der Waals surface area contributed by atoms with Gasteiger partial charge in [-0.05, 0) is 58.0 Å². The van der Waals surface area contributed by atoms with Gasteiger partial charge in [-0.15, -0.1) is 0 Å². The van der Waals surface area contributed by atoms with Crippen LogP contribution in [-0.4, -0.2) is 4.98 Å². The lowest BCUT2D eigenvalue weighted by atomic mass is 9.88. The molecular weight excluding hydrogens is 342 g/mol. The van der Waals surface area contributed by atoms with Crippen molar-refractivity contribution in [2.24, 2.45) is 0 Å². The molecule has 0 unspecified atom stereocenters. The maximum absolute atomic E-state index is 6.12. The smallest absolute Gasteiger partial charge is 0.0730 e. The van der Waals surface area contributed by atoms with Gasteiger partial charge >= 0.3 is 0 Å². The van der Waals surface area contributed by atoms with E-state index < -0.39 is 0 Å². The topological polar surface area (TPSA) is 22.1 Å². The number of aromatic nitrogens is 1. The van der Waals surface area contributed by atoms with Crippen LogP contribution in [0.15, 0.2) is 97.3 Å². The van der Waals surface area contributed by atoms with Crippen molar-refractivity contribution < 1.29 is 4.74 Å². The Morgan fingerprint density at radius 2 is 1.36 bits per heavy atom. The van der Waals surface area contributed by atoms with E-state index in [0.717, 1.165) is 5.56 Å².